The summed E-state index contributed by atoms with van der Waals surface area (Å²) in [7, 11) is 1.69. The number of nitrogens with zero attached hydrogens (tertiary/aromatic N) is 2. The van der Waals surface area contributed by atoms with E-state index in [1.807, 2.05) is 30.3 Å². The molecule has 1 aromatic heterocycles. The number of anilines is 2. The van der Waals surface area contributed by atoms with Crippen molar-refractivity contribution < 1.29 is 4.74 Å². The van der Waals surface area contributed by atoms with Crippen molar-refractivity contribution >= 4 is 11.6 Å². The number of aromatic nitrogens is 2. The zero-order chi connectivity index (χ0) is 13.5. The average molecular weight is 258 g/mol. The minimum atomic E-state index is 0.461. The van der Waals surface area contributed by atoms with Gasteiger partial charge in [0.15, 0.2) is 5.82 Å². The fraction of sp³-hybridized carbons (Fsp3) is 0.286. The van der Waals surface area contributed by atoms with Gasteiger partial charge in [0.05, 0.1) is 0 Å². The van der Waals surface area contributed by atoms with Crippen molar-refractivity contribution in [2.45, 2.75) is 6.42 Å². The molecule has 5 heteroatoms. The molecule has 0 amide bonds. The van der Waals surface area contributed by atoms with Gasteiger partial charge in [-0.1, -0.05) is 30.3 Å². The Morgan fingerprint density at radius 2 is 2.00 bits per heavy atom. The average Bonchev–Trinajstić information content (AvgIpc) is 2.44. The van der Waals surface area contributed by atoms with E-state index in [9.17, 15) is 0 Å². The summed E-state index contributed by atoms with van der Waals surface area (Å²) in [4.78, 5) is 8.71. The van der Waals surface area contributed by atoms with Gasteiger partial charge in [-0.2, -0.15) is 0 Å². The number of ether oxygens (including phenoxy) is 1. The SMILES string of the molecule is COCCCNc1cc(N)nc(-c2ccccc2)n1. The molecule has 0 saturated carbocycles. The Hall–Kier alpha value is -2.14. The van der Waals surface area contributed by atoms with Gasteiger partial charge in [0, 0.05) is 31.9 Å². The van der Waals surface area contributed by atoms with Crippen molar-refractivity contribution in [2.75, 3.05) is 31.3 Å². The van der Waals surface area contributed by atoms with Crippen LogP contribution >= 0.6 is 0 Å². The molecule has 0 fully saturated rings. The molecule has 3 N–H and O–H groups in total. The molecule has 1 aromatic carbocycles. The lowest BCUT2D eigenvalue weighted by molar-refractivity contribution is 0.198. The maximum atomic E-state index is 5.81. The fourth-order valence-electron chi connectivity index (χ4n) is 1.71. The van der Waals surface area contributed by atoms with Crippen LogP contribution in [-0.4, -0.2) is 30.2 Å². The lowest BCUT2D eigenvalue weighted by atomic mass is 10.2. The topological polar surface area (TPSA) is 73.1 Å². The molecule has 19 heavy (non-hydrogen) atoms. The van der Waals surface area contributed by atoms with Crippen molar-refractivity contribution in [3.8, 4) is 11.4 Å². The molecular weight excluding hydrogens is 240 g/mol. The van der Waals surface area contributed by atoms with Crippen molar-refractivity contribution in [3.05, 3.63) is 36.4 Å². The number of hydrogen-bond donors (Lipinski definition) is 2. The second kappa shape index (κ2) is 6.70. The largest absolute Gasteiger partial charge is 0.385 e. The molecule has 100 valence electrons. The van der Waals surface area contributed by atoms with E-state index in [1.165, 1.54) is 0 Å². The van der Waals surface area contributed by atoms with Crippen LogP contribution < -0.4 is 11.1 Å². The Balaban J connectivity index is 2.11. The first-order valence-electron chi connectivity index (χ1n) is 6.22. The van der Waals surface area contributed by atoms with Gasteiger partial charge in [-0.3, -0.25) is 0 Å². The van der Waals surface area contributed by atoms with Crippen molar-refractivity contribution in [2.24, 2.45) is 0 Å². The highest BCUT2D eigenvalue weighted by Crippen LogP contribution is 2.18. The Kier molecular flexibility index (Phi) is 4.69. The van der Waals surface area contributed by atoms with Crippen molar-refractivity contribution in [1.82, 2.24) is 9.97 Å². The standard InChI is InChI=1S/C14H18N4O/c1-19-9-5-8-16-13-10-12(15)17-14(18-13)11-6-3-2-4-7-11/h2-4,6-7,10H,5,8-9H2,1H3,(H3,15,16,17,18). The summed E-state index contributed by atoms with van der Waals surface area (Å²) in [5, 5.41) is 3.22. The molecule has 0 bridgehead atoms. The summed E-state index contributed by atoms with van der Waals surface area (Å²) in [6.45, 7) is 1.51. The van der Waals surface area contributed by atoms with Gasteiger partial charge in [-0.25, -0.2) is 9.97 Å². The maximum absolute atomic E-state index is 5.81. The van der Waals surface area contributed by atoms with E-state index >= 15 is 0 Å². The molecule has 0 aliphatic heterocycles. The Labute approximate surface area is 112 Å². The quantitative estimate of drug-likeness (QED) is 0.777. The summed E-state index contributed by atoms with van der Waals surface area (Å²) in [6.07, 6.45) is 0.918. The zero-order valence-electron chi connectivity index (χ0n) is 11.0. The van der Waals surface area contributed by atoms with Crippen molar-refractivity contribution in [1.29, 1.82) is 0 Å². The third kappa shape index (κ3) is 3.93. The van der Waals surface area contributed by atoms with Crippen LogP contribution in [0.2, 0.25) is 0 Å². The second-order valence-electron chi connectivity index (χ2n) is 4.14. The van der Waals surface area contributed by atoms with Gasteiger partial charge in [0.1, 0.15) is 11.6 Å². The van der Waals surface area contributed by atoms with Crippen LogP contribution in [0.15, 0.2) is 36.4 Å². The lowest BCUT2D eigenvalue weighted by Crippen LogP contribution is -2.08. The number of benzene rings is 1. The summed E-state index contributed by atoms with van der Waals surface area (Å²) in [6, 6.07) is 11.5. The third-order valence-corrected chi connectivity index (χ3v) is 2.61. The molecular formula is C14H18N4O. The van der Waals surface area contributed by atoms with Crippen LogP contribution in [0.25, 0.3) is 11.4 Å². The Bertz CT molecular complexity index is 516. The van der Waals surface area contributed by atoms with Crippen LogP contribution in [0.5, 0.6) is 0 Å². The molecule has 2 aromatic rings. The predicted octanol–water partition coefficient (Wildman–Crippen LogP) is 2.17. The molecule has 0 unspecified atom stereocenters. The number of nitrogen functional groups attached to an aromatic ring is 1. The third-order valence-electron chi connectivity index (χ3n) is 2.61. The Morgan fingerprint density at radius 3 is 2.74 bits per heavy atom. The summed E-state index contributed by atoms with van der Waals surface area (Å²) < 4.78 is 5.00. The van der Waals surface area contributed by atoms with E-state index in [-0.39, 0.29) is 0 Å². The highest BCUT2D eigenvalue weighted by Gasteiger charge is 2.04. The van der Waals surface area contributed by atoms with Gasteiger partial charge < -0.3 is 15.8 Å². The summed E-state index contributed by atoms with van der Waals surface area (Å²) >= 11 is 0. The zero-order valence-corrected chi connectivity index (χ0v) is 11.0. The van der Waals surface area contributed by atoms with Crippen LogP contribution in [0, 0.1) is 0 Å². The van der Waals surface area contributed by atoms with E-state index in [4.69, 9.17) is 10.5 Å². The van der Waals surface area contributed by atoms with Crippen LogP contribution in [-0.2, 0) is 4.74 Å². The van der Waals surface area contributed by atoms with Gasteiger partial charge in [0.25, 0.3) is 0 Å². The molecule has 0 saturated heterocycles. The smallest absolute Gasteiger partial charge is 0.163 e. The minimum Gasteiger partial charge on any atom is -0.385 e. The molecule has 5 nitrogen and oxygen atoms in total. The van der Waals surface area contributed by atoms with E-state index in [0.29, 0.717) is 11.6 Å². The first-order valence-corrected chi connectivity index (χ1v) is 6.22. The number of nitrogens with one attached hydrogen (secondary N) is 1. The summed E-state index contributed by atoms with van der Waals surface area (Å²) in [5.41, 5.74) is 6.76. The lowest BCUT2D eigenvalue weighted by Gasteiger charge is -2.08. The number of methoxy groups -OCH3 is 1. The fourth-order valence-corrected chi connectivity index (χ4v) is 1.71. The van der Waals surface area contributed by atoms with E-state index < -0.39 is 0 Å². The first-order chi connectivity index (χ1) is 9.29. The van der Waals surface area contributed by atoms with Crippen LogP contribution in [0.4, 0.5) is 11.6 Å². The number of nitrogens with two attached hydrogens (primary N) is 1. The molecule has 2 rings (SSSR count). The minimum absolute atomic E-state index is 0.461. The highest BCUT2D eigenvalue weighted by molar-refractivity contribution is 5.60. The Morgan fingerprint density at radius 1 is 1.21 bits per heavy atom. The normalized spacial score (nSPS) is 10.4. The first kappa shape index (κ1) is 13.3. The molecule has 0 aliphatic rings. The van der Waals surface area contributed by atoms with Crippen LogP contribution in [0.3, 0.4) is 0 Å². The molecule has 0 spiro atoms. The van der Waals surface area contributed by atoms with E-state index in [1.54, 1.807) is 13.2 Å². The highest BCUT2D eigenvalue weighted by atomic mass is 16.5. The van der Waals surface area contributed by atoms with Crippen molar-refractivity contribution in [3.63, 3.8) is 0 Å². The molecule has 0 aliphatic carbocycles. The van der Waals surface area contributed by atoms with Crippen LogP contribution in [0.1, 0.15) is 6.42 Å². The second-order valence-corrected chi connectivity index (χ2v) is 4.14. The predicted molar refractivity (Wildman–Crippen MR) is 76.9 cm³/mol. The number of rotatable bonds is 6. The summed E-state index contributed by atoms with van der Waals surface area (Å²) in [5.74, 6) is 1.83. The van der Waals surface area contributed by atoms with Gasteiger partial charge >= 0.3 is 0 Å². The maximum Gasteiger partial charge on any atom is 0.163 e. The molecule has 0 radical (unpaired) electrons. The van der Waals surface area contributed by atoms with Gasteiger partial charge in [-0.15, -0.1) is 0 Å². The molecule has 0 atom stereocenters. The number of hydrogen-bond acceptors (Lipinski definition) is 5. The van der Waals surface area contributed by atoms with Gasteiger partial charge in [-0.05, 0) is 6.42 Å². The van der Waals surface area contributed by atoms with E-state index in [0.717, 1.165) is 31.0 Å². The van der Waals surface area contributed by atoms with Gasteiger partial charge in [0.2, 0.25) is 0 Å². The molecule has 1 heterocycles. The monoisotopic (exact) mass is 258 g/mol. The van der Waals surface area contributed by atoms with E-state index in [2.05, 4.69) is 15.3 Å².